The zero-order valence-electron chi connectivity index (χ0n) is 17.5. The molecular formula is C23H18FN5O3S. The fourth-order valence-corrected chi connectivity index (χ4v) is 4.92. The lowest BCUT2D eigenvalue weighted by atomic mass is 10.1. The summed E-state index contributed by atoms with van der Waals surface area (Å²) in [6, 6.07) is 12.1. The van der Waals surface area contributed by atoms with Gasteiger partial charge in [0.25, 0.3) is 5.56 Å². The van der Waals surface area contributed by atoms with Crippen LogP contribution in [0.15, 0.2) is 64.7 Å². The zero-order valence-corrected chi connectivity index (χ0v) is 18.3. The lowest BCUT2D eigenvalue weighted by Gasteiger charge is -2.14. The molecule has 2 aromatic carbocycles. The van der Waals surface area contributed by atoms with Gasteiger partial charge in [-0.25, -0.2) is 14.1 Å². The highest BCUT2D eigenvalue weighted by molar-refractivity contribution is 7.99. The first kappa shape index (κ1) is 21.1. The number of carbonyl (C=O) groups is 2. The highest BCUT2D eigenvalue weighted by atomic mass is 32.2. The molecule has 1 atom stereocenters. The highest BCUT2D eigenvalue weighted by Gasteiger charge is 2.29. The van der Waals surface area contributed by atoms with Crippen molar-refractivity contribution in [2.24, 2.45) is 0 Å². The van der Waals surface area contributed by atoms with E-state index in [4.69, 9.17) is 0 Å². The van der Waals surface area contributed by atoms with E-state index in [1.54, 1.807) is 36.4 Å². The van der Waals surface area contributed by atoms with Crippen LogP contribution in [0.3, 0.4) is 0 Å². The molecule has 1 amide bonds. The molecule has 0 spiro atoms. The molecule has 0 radical (unpaired) electrons. The molecule has 4 aromatic rings. The van der Waals surface area contributed by atoms with E-state index in [1.165, 1.54) is 46.3 Å². The van der Waals surface area contributed by atoms with Crippen molar-refractivity contribution in [2.75, 3.05) is 11.1 Å². The monoisotopic (exact) mass is 463 g/mol. The van der Waals surface area contributed by atoms with Gasteiger partial charge in [0.1, 0.15) is 11.2 Å². The molecule has 1 unspecified atom stereocenters. The number of carbonyl (C=O) groups excluding carboxylic acids is 2. The number of fused-ring (bicyclic) bond motifs is 2. The first-order valence-corrected chi connectivity index (χ1v) is 11.2. The molecule has 0 aliphatic carbocycles. The standard InChI is InChI=1S/C23H18FN5O3S/c1-13(30)14-3-2-4-16(9-14)26-20(31)10-18-12-33-23-27-21-19(22(32)28(18)23)11-25-29(21)17-7-5-15(24)6-8-17/h2-9,11,18H,10,12H2,1H3,(H,26,31). The Morgan fingerprint density at radius 1 is 1.21 bits per heavy atom. The molecule has 0 saturated carbocycles. The van der Waals surface area contributed by atoms with Crippen molar-refractivity contribution in [1.82, 2.24) is 19.3 Å². The van der Waals surface area contributed by atoms with Crippen LogP contribution in [0.4, 0.5) is 10.1 Å². The number of hydrogen-bond acceptors (Lipinski definition) is 6. The maximum absolute atomic E-state index is 13.3. The average Bonchev–Trinajstić information content (AvgIpc) is 3.39. The molecule has 33 heavy (non-hydrogen) atoms. The second kappa shape index (κ2) is 8.28. The van der Waals surface area contributed by atoms with Crippen LogP contribution < -0.4 is 10.9 Å². The second-order valence-corrected chi connectivity index (χ2v) is 8.68. The molecular weight excluding hydrogens is 445 g/mol. The van der Waals surface area contributed by atoms with Gasteiger partial charge < -0.3 is 5.32 Å². The molecule has 1 aliphatic heterocycles. The number of nitrogens with zero attached hydrogens (tertiary/aromatic N) is 4. The minimum Gasteiger partial charge on any atom is -0.326 e. The van der Waals surface area contributed by atoms with E-state index in [0.717, 1.165) is 0 Å². The Kier molecular flexibility index (Phi) is 5.29. The number of rotatable bonds is 5. The lowest BCUT2D eigenvalue weighted by molar-refractivity contribution is -0.116. The number of amides is 1. The van der Waals surface area contributed by atoms with Gasteiger partial charge in [0.2, 0.25) is 5.91 Å². The third-order valence-corrected chi connectivity index (χ3v) is 6.51. The summed E-state index contributed by atoms with van der Waals surface area (Å²) in [5.41, 5.74) is 1.74. The van der Waals surface area contributed by atoms with Crippen LogP contribution in [0.5, 0.6) is 0 Å². The van der Waals surface area contributed by atoms with Crippen LogP contribution in [0, 0.1) is 5.82 Å². The number of Topliss-reactive ketones (excluding diaryl/α,β-unsaturated/α-hetero) is 1. The first-order valence-electron chi connectivity index (χ1n) is 10.2. The van der Waals surface area contributed by atoms with Gasteiger partial charge >= 0.3 is 0 Å². The van der Waals surface area contributed by atoms with Crippen LogP contribution in [-0.4, -0.2) is 36.8 Å². The molecule has 3 heterocycles. The van der Waals surface area contributed by atoms with Crippen molar-refractivity contribution >= 4 is 40.2 Å². The van der Waals surface area contributed by atoms with Crippen molar-refractivity contribution in [2.45, 2.75) is 24.5 Å². The Labute approximate surface area is 191 Å². The van der Waals surface area contributed by atoms with Gasteiger partial charge in [-0.3, -0.25) is 19.0 Å². The number of thioether (sulfide) groups is 1. The molecule has 5 rings (SSSR count). The number of benzene rings is 2. The predicted octanol–water partition coefficient (Wildman–Crippen LogP) is 3.60. The maximum Gasteiger partial charge on any atom is 0.265 e. The normalized spacial score (nSPS) is 14.9. The average molecular weight is 463 g/mol. The van der Waals surface area contributed by atoms with Gasteiger partial charge in [-0.05, 0) is 43.3 Å². The minimum absolute atomic E-state index is 0.0868. The number of halogens is 1. The minimum atomic E-state index is -0.367. The summed E-state index contributed by atoms with van der Waals surface area (Å²) in [4.78, 5) is 42.1. The van der Waals surface area contributed by atoms with E-state index in [9.17, 15) is 18.8 Å². The van der Waals surface area contributed by atoms with Gasteiger partial charge in [-0.1, -0.05) is 23.9 Å². The number of hydrogen-bond donors (Lipinski definition) is 1. The Bertz CT molecular complexity index is 1460. The second-order valence-electron chi connectivity index (χ2n) is 7.69. The maximum atomic E-state index is 13.3. The van der Waals surface area contributed by atoms with Gasteiger partial charge in [0.05, 0.1) is 17.9 Å². The van der Waals surface area contributed by atoms with Crippen LogP contribution in [-0.2, 0) is 4.79 Å². The van der Waals surface area contributed by atoms with E-state index in [-0.39, 0.29) is 35.5 Å². The van der Waals surface area contributed by atoms with Crippen molar-refractivity contribution in [3.63, 3.8) is 0 Å². The Morgan fingerprint density at radius 3 is 2.76 bits per heavy atom. The number of anilines is 1. The lowest BCUT2D eigenvalue weighted by Crippen LogP contribution is -2.27. The van der Waals surface area contributed by atoms with E-state index < -0.39 is 0 Å². The molecule has 166 valence electrons. The zero-order chi connectivity index (χ0) is 23.1. The van der Waals surface area contributed by atoms with Crippen molar-refractivity contribution in [3.05, 3.63) is 76.5 Å². The predicted molar refractivity (Wildman–Crippen MR) is 123 cm³/mol. The van der Waals surface area contributed by atoms with Crippen LogP contribution in [0.1, 0.15) is 29.7 Å². The van der Waals surface area contributed by atoms with Gasteiger partial charge in [0, 0.05) is 23.4 Å². The number of aromatic nitrogens is 4. The molecule has 1 aliphatic rings. The molecule has 0 bridgehead atoms. The van der Waals surface area contributed by atoms with Crippen LogP contribution in [0.2, 0.25) is 0 Å². The van der Waals surface area contributed by atoms with Crippen molar-refractivity contribution in [3.8, 4) is 5.69 Å². The summed E-state index contributed by atoms with van der Waals surface area (Å²) in [5, 5.41) is 7.89. The summed E-state index contributed by atoms with van der Waals surface area (Å²) >= 11 is 1.40. The van der Waals surface area contributed by atoms with Crippen molar-refractivity contribution in [1.29, 1.82) is 0 Å². The molecule has 2 aromatic heterocycles. The van der Waals surface area contributed by atoms with Gasteiger partial charge in [-0.2, -0.15) is 5.10 Å². The number of ketones is 1. The van der Waals surface area contributed by atoms with E-state index in [1.807, 2.05) is 0 Å². The Balaban J connectivity index is 1.41. The van der Waals surface area contributed by atoms with Crippen LogP contribution in [0.25, 0.3) is 16.7 Å². The summed E-state index contributed by atoms with van der Waals surface area (Å²) in [7, 11) is 0. The number of nitrogens with one attached hydrogen (secondary N) is 1. The fourth-order valence-electron chi connectivity index (χ4n) is 3.79. The topological polar surface area (TPSA) is 98.9 Å². The van der Waals surface area contributed by atoms with E-state index in [0.29, 0.717) is 38.9 Å². The molecule has 0 saturated heterocycles. The Morgan fingerprint density at radius 2 is 2.00 bits per heavy atom. The van der Waals surface area contributed by atoms with E-state index >= 15 is 0 Å². The SMILES string of the molecule is CC(=O)c1cccc(NC(=O)CC2CSc3nc4c(cnn4-c4ccc(F)cc4)c(=O)n32)c1. The summed E-state index contributed by atoms with van der Waals surface area (Å²) in [6.07, 6.45) is 1.53. The quantitative estimate of drug-likeness (QED) is 0.359. The van der Waals surface area contributed by atoms with Crippen molar-refractivity contribution < 1.29 is 14.0 Å². The summed E-state index contributed by atoms with van der Waals surface area (Å²) < 4.78 is 16.3. The fraction of sp³-hybridized carbons (Fsp3) is 0.174. The van der Waals surface area contributed by atoms with Gasteiger partial charge in [-0.15, -0.1) is 0 Å². The first-order chi connectivity index (χ1) is 15.9. The molecule has 1 N–H and O–H groups in total. The summed E-state index contributed by atoms with van der Waals surface area (Å²) in [6.45, 7) is 1.46. The largest absolute Gasteiger partial charge is 0.326 e. The van der Waals surface area contributed by atoms with E-state index in [2.05, 4.69) is 15.4 Å². The third-order valence-electron chi connectivity index (χ3n) is 5.42. The molecule has 8 nitrogen and oxygen atoms in total. The van der Waals surface area contributed by atoms with Gasteiger partial charge in [0.15, 0.2) is 16.6 Å². The third kappa shape index (κ3) is 3.93. The molecule has 10 heteroatoms. The molecule has 0 fully saturated rings. The summed E-state index contributed by atoms with van der Waals surface area (Å²) in [5.74, 6) is -0.188. The smallest absolute Gasteiger partial charge is 0.265 e. The Hall–Kier alpha value is -3.79. The van der Waals surface area contributed by atoms with Crippen LogP contribution >= 0.6 is 11.8 Å². The highest BCUT2D eigenvalue weighted by Crippen LogP contribution is 2.33.